The van der Waals surface area contributed by atoms with Crippen molar-refractivity contribution in [2.24, 2.45) is 11.8 Å². The average molecular weight is 481 g/mol. The summed E-state index contributed by atoms with van der Waals surface area (Å²) in [4.78, 5) is 44.6. The Bertz CT molecular complexity index is 1090. The summed E-state index contributed by atoms with van der Waals surface area (Å²) in [5.74, 6) is -2.91. The highest BCUT2D eigenvalue weighted by atomic mass is 16.6. The van der Waals surface area contributed by atoms with E-state index in [1.807, 2.05) is 50.3 Å². The number of cyclic esters (lactones) is 1. The number of amides is 2. The largest absolute Gasteiger partial charge is 0.465 e. The maximum absolute atomic E-state index is 14.3. The molecule has 2 saturated heterocycles. The molecule has 1 spiro atoms. The van der Waals surface area contributed by atoms with Gasteiger partial charge in [-0.15, -0.1) is 0 Å². The van der Waals surface area contributed by atoms with E-state index in [2.05, 4.69) is 0 Å². The molecule has 4 aliphatic rings. The molecule has 4 aliphatic heterocycles. The molecule has 5 rings (SSSR count). The number of carbonyl (C=O) groups is 3. The SMILES string of the molecule is Cc1cccc(C)c1N1CC=C[C@]23O[C@@H]4/C=C\CCCOC(=O)[C@@H]4[C@H]2C(=O)N([C@H](C)CO)C3C1=O. The highest BCUT2D eigenvalue weighted by Gasteiger charge is 2.72. The highest BCUT2D eigenvalue weighted by molar-refractivity contribution is 6.06. The fraction of sp³-hybridized carbons (Fsp3) is 0.519. The Labute approximate surface area is 205 Å². The molecule has 1 N–H and O–H groups in total. The van der Waals surface area contributed by atoms with Gasteiger partial charge in [0.2, 0.25) is 5.91 Å². The van der Waals surface area contributed by atoms with E-state index in [-0.39, 0.29) is 25.0 Å². The summed E-state index contributed by atoms with van der Waals surface area (Å²) in [5.41, 5.74) is 1.36. The molecule has 6 atom stereocenters. The third kappa shape index (κ3) is 3.53. The summed E-state index contributed by atoms with van der Waals surface area (Å²) in [6.45, 7) is 5.88. The van der Waals surface area contributed by atoms with Crippen molar-refractivity contribution in [1.29, 1.82) is 0 Å². The zero-order valence-electron chi connectivity index (χ0n) is 20.3. The number of hydrogen-bond acceptors (Lipinski definition) is 6. The predicted octanol–water partition coefficient (Wildman–Crippen LogP) is 2.06. The van der Waals surface area contributed by atoms with Crippen LogP contribution in [0, 0.1) is 25.7 Å². The van der Waals surface area contributed by atoms with E-state index in [9.17, 15) is 19.5 Å². The Morgan fingerprint density at radius 3 is 2.60 bits per heavy atom. The van der Waals surface area contributed by atoms with Gasteiger partial charge in [-0.25, -0.2) is 0 Å². The van der Waals surface area contributed by atoms with Gasteiger partial charge in [0.05, 0.1) is 31.3 Å². The van der Waals surface area contributed by atoms with Crippen molar-refractivity contribution in [3.63, 3.8) is 0 Å². The Hall–Kier alpha value is -2.97. The number of aliphatic hydroxyl groups excluding tert-OH is 1. The summed E-state index contributed by atoms with van der Waals surface area (Å²) in [7, 11) is 0. The number of para-hydroxylation sites is 1. The van der Waals surface area contributed by atoms with E-state index in [1.54, 1.807) is 17.9 Å². The smallest absolute Gasteiger partial charge is 0.312 e. The fourth-order valence-electron chi connectivity index (χ4n) is 6.19. The van der Waals surface area contributed by atoms with Crippen molar-refractivity contribution in [2.45, 2.75) is 57.4 Å². The van der Waals surface area contributed by atoms with E-state index in [0.717, 1.165) is 23.2 Å². The quantitative estimate of drug-likeness (QED) is 0.526. The molecule has 2 amide bonds. The third-order valence-corrected chi connectivity index (χ3v) is 7.74. The molecule has 0 radical (unpaired) electrons. The highest BCUT2D eigenvalue weighted by Crippen LogP contribution is 2.54. The summed E-state index contributed by atoms with van der Waals surface area (Å²) >= 11 is 0. The number of aryl methyl sites for hydroxylation is 2. The predicted molar refractivity (Wildman–Crippen MR) is 129 cm³/mol. The van der Waals surface area contributed by atoms with Crippen LogP contribution < -0.4 is 4.90 Å². The van der Waals surface area contributed by atoms with Gasteiger partial charge in [-0.1, -0.05) is 42.5 Å². The molecule has 4 heterocycles. The number of anilines is 1. The van der Waals surface area contributed by atoms with Crippen LogP contribution in [0.1, 0.15) is 30.9 Å². The molecule has 0 bridgehead atoms. The number of benzene rings is 1. The molecule has 35 heavy (non-hydrogen) atoms. The first-order valence-electron chi connectivity index (χ1n) is 12.3. The van der Waals surface area contributed by atoms with Gasteiger partial charge in [0.25, 0.3) is 5.91 Å². The third-order valence-electron chi connectivity index (χ3n) is 7.74. The lowest BCUT2D eigenvalue weighted by molar-refractivity contribution is -0.155. The number of carbonyl (C=O) groups excluding carboxylic acids is 3. The van der Waals surface area contributed by atoms with E-state index in [1.165, 1.54) is 4.90 Å². The maximum Gasteiger partial charge on any atom is 0.312 e. The second kappa shape index (κ2) is 8.91. The minimum absolute atomic E-state index is 0.273. The van der Waals surface area contributed by atoms with E-state index in [0.29, 0.717) is 13.0 Å². The van der Waals surface area contributed by atoms with Crippen LogP contribution in [0.2, 0.25) is 0 Å². The molecule has 186 valence electrons. The van der Waals surface area contributed by atoms with Crippen molar-refractivity contribution in [3.8, 4) is 0 Å². The summed E-state index contributed by atoms with van der Waals surface area (Å²) in [5, 5.41) is 10.0. The van der Waals surface area contributed by atoms with Crippen LogP contribution in [-0.2, 0) is 23.9 Å². The van der Waals surface area contributed by atoms with Crippen molar-refractivity contribution < 1.29 is 29.0 Å². The van der Waals surface area contributed by atoms with E-state index >= 15 is 0 Å². The van der Waals surface area contributed by atoms with Gasteiger partial charge in [0, 0.05) is 12.2 Å². The number of aliphatic hydroxyl groups is 1. The van der Waals surface area contributed by atoms with Gasteiger partial charge in [-0.05, 0) is 44.7 Å². The maximum atomic E-state index is 14.3. The minimum atomic E-state index is -1.33. The standard InChI is InChI=1S/C27H32N2O6/c1-16-9-7-10-17(2)22(16)28-13-8-12-27-21(24(31)29(18(3)15-30)23(27)25(28)32)20-19(35-27)11-5-4-6-14-34-26(20)33/h5,7-12,18-21,23,30H,4,6,13-15H2,1-3H3/b11-5-/t18-,19-,20+,21+,23?,27+/m1/s1. The average Bonchev–Trinajstić information content (AvgIpc) is 3.25. The van der Waals surface area contributed by atoms with Crippen molar-refractivity contribution in [3.05, 3.63) is 53.6 Å². The lowest BCUT2D eigenvalue weighted by Gasteiger charge is -2.38. The molecule has 0 aromatic heterocycles. The van der Waals surface area contributed by atoms with Crippen LogP contribution in [0.5, 0.6) is 0 Å². The van der Waals surface area contributed by atoms with E-state index in [4.69, 9.17) is 9.47 Å². The minimum Gasteiger partial charge on any atom is -0.465 e. The lowest BCUT2D eigenvalue weighted by Crippen LogP contribution is -2.58. The van der Waals surface area contributed by atoms with Crippen LogP contribution in [0.25, 0.3) is 0 Å². The number of allylic oxidation sites excluding steroid dienone is 1. The number of nitrogens with zero attached hydrogens (tertiary/aromatic N) is 2. The van der Waals surface area contributed by atoms with Gasteiger partial charge in [0.15, 0.2) is 0 Å². The number of rotatable bonds is 3. The molecule has 1 aromatic rings. The molecule has 8 heteroatoms. The topological polar surface area (TPSA) is 96.4 Å². The number of likely N-dealkylation sites (tertiary alicyclic amines) is 1. The second-order valence-electron chi connectivity index (χ2n) is 9.95. The normalized spacial score (nSPS) is 34.2. The molecule has 2 fully saturated rings. The molecular formula is C27H32N2O6. The monoisotopic (exact) mass is 480 g/mol. The summed E-state index contributed by atoms with van der Waals surface area (Å²) in [6, 6.07) is 4.20. The van der Waals surface area contributed by atoms with Crippen LogP contribution in [-0.4, -0.2) is 71.3 Å². The molecule has 0 aliphatic carbocycles. The Morgan fingerprint density at radius 1 is 1.14 bits per heavy atom. The molecular weight excluding hydrogens is 448 g/mol. The number of hydrogen-bond donors (Lipinski definition) is 1. The Balaban J connectivity index is 1.66. The number of esters is 1. The zero-order chi connectivity index (χ0) is 24.9. The lowest BCUT2D eigenvalue weighted by atomic mass is 9.78. The Kier molecular flexibility index (Phi) is 6.05. The fourth-order valence-corrected chi connectivity index (χ4v) is 6.19. The molecule has 1 aromatic carbocycles. The summed E-state index contributed by atoms with van der Waals surface area (Å²) in [6.07, 6.45) is 8.21. The molecule has 0 saturated carbocycles. The number of ether oxygens (including phenoxy) is 2. The van der Waals surface area contributed by atoms with Gasteiger partial charge in [0.1, 0.15) is 17.6 Å². The zero-order valence-corrected chi connectivity index (χ0v) is 20.3. The van der Waals surface area contributed by atoms with Crippen LogP contribution in [0.15, 0.2) is 42.5 Å². The van der Waals surface area contributed by atoms with Crippen molar-refractivity contribution in [1.82, 2.24) is 4.90 Å². The molecule has 1 unspecified atom stereocenters. The van der Waals surface area contributed by atoms with Gasteiger partial charge in [-0.2, -0.15) is 0 Å². The van der Waals surface area contributed by atoms with Crippen molar-refractivity contribution >= 4 is 23.5 Å². The first kappa shape index (κ1) is 23.8. The second-order valence-corrected chi connectivity index (χ2v) is 9.95. The van der Waals surface area contributed by atoms with Crippen LogP contribution in [0.3, 0.4) is 0 Å². The molecule has 8 nitrogen and oxygen atoms in total. The Morgan fingerprint density at radius 2 is 1.89 bits per heavy atom. The first-order valence-corrected chi connectivity index (χ1v) is 12.3. The number of fused-ring (bicyclic) bond motifs is 2. The van der Waals surface area contributed by atoms with Gasteiger partial charge in [-0.3, -0.25) is 14.4 Å². The van der Waals surface area contributed by atoms with Crippen LogP contribution in [0.4, 0.5) is 5.69 Å². The van der Waals surface area contributed by atoms with Gasteiger partial charge < -0.3 is 24.4 Å². The van der Waals surface area contributed by atoms with Crippen molar-refractivity contribution in [2.75, 3.05) is 24.7 Å². The van der Waals surface area contributed by atoms with Gasteiger partial charge >= 0.3 is 5.97 Å². The summed E-state index contributed by atoms with van der Waals surface area (Å²) < 4.78 is 12.1. The van der Waals surface area contributed by atoms with E-state index < -0.39 is 41.6 Å². The first-order chi connectivity index (χ1) is 16.8. The van der Waals surface area contributed by atoms with Crippen LogP contribution >= 0.6 is 0 Å².